The van der Waals surface area contributed by atoms with Gasteiger partial charge < -0.3 is 9.47 Å². The second-order valence-electron chi connectivity index (χ2n) is 16.8. The molecular weight excluding hydrogens is 761 g/mol. The summed E-state index contributed by atoms with van der Waals surface area (Å²) in [5.41, 5.74) is 21.6. The number of para-hydroxylation sites is 3. The lowest BCUT2D eigenvalue weighted by Gasteiger charge is -2.39. The maximum absolute atomic E-state index is 2.52. The Morgan fingerprint density at radius 3 is 1.54 bits per heavy atom. The smallest absolute Gasteiger partial charge is 0.0754 e. The van der Waals surface area contributed by atoms with Gasteiger partial charge in [-0.2, -0.15) is 0 Å². The zero-order chi connectivity index (χ0) is 41.5. The second kappa shape index (κ2) is 13.9. The molecule has 1 atom stereocenters. The van der Waals surface area contributed by atoms with Crippen molar-refractivity contribution in [2.75, 3.05) is 4.90 Å². The van der Waals surface area contributed by atoms with E-state index in [9.17, 15) is 0 Å². The van der Waals surface area contributed by atoms with E-state index < -0.39 is 5.41 Å². The Hall–Kier alpha value is -8.20. The van der Waals surface area contributed by atoms with E-state index in [0.29, 0.717) is 0 Å². The SMILES string of the molecule is c1ccc(-c2ccc(N(c3ccc(-c4ccccc4)cc3)c3cccc(-c4ccc5c(c4)C4(c6ccccc6-5)c5ccccc5-n5c6ccccc6c6cccc4c65)c3)cc2)cc1. The van der Waals surface area contributed by atoms with Crippen LogP contribution in [0, 0.1) is 0 Å². The summed E-state index contributed by atoms with van der Waals surface area (Å²) in [6.07, 6.45) is 0. The predicted octanol–water partition coefficient (Wildman–Crippen LogP) is 15.9. The fourth-order valence-corrected chi connectivity index (χ4v) is 10.9. The highest BCUT2D eigenvalue weighted by atomic mass is 15.1. The van der Waals surface area contributed by atoms with E-state index in [-0.39, 0.29) is 0 Å². The molecule has 2 heterocycles. The van der Waals surface area contributed by atoms with Gasteiger partial charge in [0.25, 0.3) is 0 Å². The van der Waals surface area contributed by atoms with E-state index >= 15 is 0 Å². The van der Waals surface area contributed by atoms with Crippen LogP contribution in [0.15, 0.2) is 243 Å². The van der Waals surface area contributed by atoms with Gasteiger partial charge in [0.15, 0.2) is 0 Å². The first-order valence-electron chi connectivity index (χ1n) is 21.8. The van der Waals surface area contributed by atoms with Gasteiger partial charge in [-0.3, -0.25) is 0 Å². The zero-order valence-corrected chi connectivity index (χ0v) is 34.5. The molecule has 1 aromatic heterocycles. The van der Waals surface area contributed by atoms with Gasteiger partial charge in [-0.25, -0.2) is 0 Å². The fourth-order valence-electron chi connectivity index (χ4n) is 10.9. The Morgan fingerprint density at radius 2 is 0.810 bits per heavy atom. The van der Waals surface area contributed by atoms with Gasteiger partial charge >= 0.3 is 0 Å². The number of rotatable bonds is 6. The van der Waals surface area contributed by atoms with Gasteiger partial charge in [-0.15, -0.1) is 0 Å². The van der Waals surface area contributed by atoms with E-state index in [1.807, 2.05) is 0 Å². The predicted molar refractivity (Wildman–Crippen MR) is 263 cm³/mol. The Morgan fingerprint density at radius 1 is 0.302 bits per heavy atom. The summed E-state index contributed by atoms with van der Waals surface area (Å²) < 4.78 is 2.52. The lowest BCUT2D eigenvalue weighted by Crippen LogP contribution is -2.33. The van der Waals surface area contributed by atoms with Gasteiger partial charge in [0.1, 0.15) is 0 Å². The summed E-state index contributed by atoms with van der Waals surface area (Å²) in [7, 11) is 0. The lowest BCUT2D eigenvalue weighted by atomic mass is 9.65. The summed E-state index contributed by atoms with van der Waals surface area (Å²) in [5.74, 6) is 0. The van der Waals surface area contributed by atoms with Crippen LogP contribution in [0.3, 0.4) is 0 Å². The lowest BCUT2D eigenvalue weighted by molar-refractivity contribution is 0.749. The maximum atomic E-state index is 2.52. The average molecular weight is 801 g/mol. The molecule has 0 saturated carbocycles. The van der Waals surface area contributed by atoms with Crippen molar-refractivity contribution in [1.29, 1.82) is 0 Å². The molecule has 1 aliphatic carbocycles. The molecule has 0 saturated heterocycles. The minimum atomic E-state index is -0.507. The van der Waals surface area contributed by atoms with E-state index in [4.69, 9.17) is 0 Å². The highest BCUT2D eigenvalue weighted by Gasteiger charge is 2.50. The molecule has 1 unspecified atom stereocenters. The van der Waals surface area contributed by atoms with Crippen LogP contribution in [-0.2, 0) is 5.41 Å². The third-order valence-electron chi connectivity index (χ3n) is 13.6. The molecular formula is C61H40N2. The van der Waals surface area contributed by atoms with Crippen molar-refractivity contribution in [3.63, 3.8) is 0 Å². The first-order chi connectivity index (χ1) is 31.3. The Kier molecular flexibility index (Phi) is 7.85. The van der Waals surface area contributed by atoms with E-state index in [0.717, 1.165) is 17.1 Å². The maximum Gasteiger partial charge on any atom is 0.0754 e. The van der Waals surface area contributed by atoms with Gasteiger partial charge in [0.05, 0.1) is 22.1 Å². The first-order valence-corrected chi connectivity index (χ1v) is 21.8. The number of hydrogen-bond acceptors (Lipinski definition) is 1. The molecule has 0 bridgehead atoms. The molecule has 294 valence electrons. The third-order valence-corrected chi connectivity index (χ3v) is 13.6. The topological polar surface area (TPSA) is 8.17 Å². The Balaban J connectivity index is 0.991. The van der Waals surface area contributed by atoms with Crippen LogP contribution in [-0.4, -0.2) is 4.57 Å². The summed E-state index contributed by atoms with van der Waals surface area (Å²) in [4.78, 5) is 2.38. The van der Waals surface area contributed by atoms with Crippen LogP contribution in [0.25, 0.3) is 72.0 Å². The first kappa shape index (κ1) is 35.5. The summed E-state index contributed by atoms with van der Waals surface area (Å²) in [5, 5.41) is 2.58. The monoisotopic (exact) mass is 800 g/mol. The van der Waals surface area contributed by atoms with E-state index in [2.05, 4.69) is 252 Å². The molecule has 0 N–H and O–H groups in total. The highest BCUT2D eigenvalue weighted by molar-refractivity contribution is 6.13. The molecule has 13 rings (SSSR count). The summed E-state index contributed by atoms with van der Waals surface area (Å²) >= 11 is 0. The van der Waals surface area contributed by atoms with Crippen LogP contribution in [0.2, 0.25) is 0 Å². The Bertz CT molecular complexity index is 3460. The highest BCUT2D eigenvalue weighted by Crippen LogP contribution is 2.61. The molecule has 0 fully saturated rings. The summed E-state index contributed by atoms with van der Waals surface area (Å²) in [6, 6.07) is 89.5. The van der Waals surface area contributed by atoms with Crippen LogP contribution in [0.5, 0.6) is 0 Å². The van der Waals surface area contributed by atoms with Crippen molar-refractivity contribution >= 4 is 38.9 Å². The van der Waals surface area contributed by atoms with Crippen molar-refractivity contribution in [2.45, 2.75) is 5.41 Å². The van der Waals surface area contributed by atoms with Crippen molar-refractivity contribution in [1.82, 2.24) is 4.57 Å². The van der Waals surface area contributed by atoms with Crippen molar-refractivity contribution in [2.24, 2.45) is 0 Å². The van der Waals surface area contributed by atoms with Gasteiger partial charge in [0, 0.05) is 27.8 Å². The van der Waals surface area contributed by atoms with E-state index in [1.54, 1.807) is 0 Å². The molecule has 0 amide bonds. The molecule has 63 heavy (non-hydrogen) atoms. The normalized spacial score (nSPS) is 14.4. The fraction of sp³-hybridized carbons (Fsp3) is 0.0164. The quantitative estimate of drug-likeness (QED) is 0.163. The second-order valence-corrected chi connectivity index (χ2v) is 16.8. The van der Waals surface area contributed by atoms with Gasteiger partial charge in [0.2, 0.25) is 0 Å². The van der Waals surface area contributed by atoms with Crippen LogP contribution >= 0.6 is 0 Å². The summed E-state index contributed by atoms with van der Waals surface area (Å²) in [6.45, 7) is 0. The minimum absolute atomic E-state index is 0.507. The van der Waals surface area contributed by atoms with Crippen molar-refractivity contribution in [3.8, 4) is 50.2 Å². The van der Waals surface area contributed by atoms with Crippen molar-refractivity contribution in [3.05, 3.63) is 265 Å². The molecule has 1 aliphatic heterocycles. The molecule has 2 aliphatic rings. The Labute approximate surface area is 367 Å². The standard InChI is InChI=1S/C61H40N2/c1-3-15-41(16-4-1)43-29-34-47(35-30-43)62(48-36-31-44(32-37-48)42-17-5-2-6-18-42)49-20-13-19-45(39-49)46-33-38-51-50-21-7-9-24-54(50)61(57(51)40-46)55-25-10-12-28-59(55)63-58-27-11-8-22-52(58)53-23-14-26-56(61)60(53)63/h1-40H. The molecule has 1 spiro atoms. The number of aromatic nitrogens is 1. The number of anilines is 3. The molecule has 2 heteroatoms. The average Bonchev–Trinajstić information content (AvgIpc) is 3.85. The van der Waals surface area contributed by atoms with E-state index in [1.165, 1.54) is 94.3 Å². The molecule has 10 aromatic carbocycles. The third kappa shape index (κ3) is 5.25. The zero-order valence-electron chi connectivity index (χ0n) is 34.5. The van der Waals surface area contributed by atoms with Gasteiger partial charge in [-0.05, 0) is 121 Å². The minimum Gasteiger partial charge on any atom is -0.310 e. The largest absolute Gasteiger partial charge is 0.310 e. The molecule has 11 aromatic rings. The van der Waals surface area contributed by atoms with Crippen LogP contribution < -0.4 is 4.90 Å². The number of hydrogen-bond donors (Lipinski definition) is 0. The number of fused-ring (bicyclic) bond motifs is 12. The number of benzene rings is 10. The van der Waals surface area contributed by atoms with Crippen LogP contribution in [0.4, 0.5) is 17.1 Å². The molecule has 0 radical (unpaired) electrons. The van der Waals surface area contributed by atoms with Crippen molar-refractivity contribution < 1.29 is 0 Å². The van der Waals surface area contributed by atoms with Crippen LogP contribution in [0.1, 0.15) is 22.3 Å². The number of nitrogens with zero attached hydrogens (tertiary/aromatic N) is 2. The van der Waals surface area contributed by atoms with Gasteiger partial charge in [-0.1, -0.05) is 188 Å². The molecule has 2 nitrogen and oxygen atoms in total.